The average molecular weight is 191 g/mol. The van der Waals surface area contributed by atoms with Gasteiger partial charge in [0.2, 0.25) is 0 Å². The molecule has 2 aromatic heterocycles. The molecule has 2 heterocycles. The Morgan fingerprint density at radius 3 is 2.85 bits per heavy atom. The summed E-state index contributed by atoms with van der Waals surface area (Å²) in [5.74, 6) is 0. The van der Waals surface area contributed by atoms with Crippen molar-refractivity contribution in [1.29, 1.82) is 0 Å². The molecular formula is C10H9NOS. The second kappa shape index (κ2) is 3.18. The van der Waals surface area contributed by atoms with Gasteiger partial charge in [-0.25, -0.2) is 0 Å². The van der Waals surface area contributed by atoms with Gasteiger partial charge >= 0.3 is 0 Å². The molecule has 0 aromatic carbocycles. The number of aromatic nitrogens is 1. The Morgan fingerprint density at radius 2 is 2.23 bits per heavy atom. The second-order valence-corrected chi connectivity index (χ2v) is 3.76. The highest BCUT2D eigenvalue weighted by molar-refractivity contribution is 7.12. The van der Waals surface area contributed by atoms with Gasteiger partial charge in [-0.3, -0.25) is 9.36 Å². The van der Waals surface area contributed by atoms with Crippen molar-refractivity contribution in [1.82, 2.24) is 4.57 Å². The molecule has 0 spiro atoms. The van der Waals surface area contributed by atoms with Gasteiger partial charge in [-0.2, -0.15) is 0 Å². The number of rotatable bonds is 1. The Kier molecular flexibility index (Phi) is 2.02. The van der Waals surface area contributed by atoms with E-state index in [-0.39, 0.29) is 5.56 Å². The van der Waals surface area contributed by atoms with Gasteiger partial charge in [-0.05, 0) is 30.0 Å². The molecule has 0 fully saturated rings. The van der Waals surface area contributed by atoms with Crippen LogP contribution in [0, 0.1) is 6.92 Å². The van der Waals surface area contributed by atoms with Crippen LogP contribution in [0.4, 0.5) is 0 Å². The summed E-state index contributed by atoms with van der Waals surface area (Å²) in [6.07, 6.45) is 1.79. The molecule has 3 heteroatoms. The molecule has 2 nitrogen and oxygen atoms in total. The number of aryl methyl sites for hydroxylation is 1. The normalized spacial score (nSPS) is 10.2. The minimum Gasteiger partial charge on any atom is -0.275 e. The van der Waals surface area contributed by atoms with Gasteiger partial charge in [0, 0.05) is 12.3 Å². The fraction of sp³-hybridized carbons (Fsp3) is 0.100. The Labute approximate surface area is 80.1 Å². The minimum atomic E-state index is 0.0179. The predicted octanol–water partition coefficient (Wildman–Crippen LogP) is 2.21. The van der Waals surface area contributed by atoms with E-state index >= 15 is 0 Å². The summed E-state index contributed by atoms with van der Waals surface area (Å²) in [5, 5.41) is 3.01. The summed E-state index contributed by atoms with van der Waals surface area (Å²) >= 11 is 1.58. The monoisotopic (exact) mass is 191 g/mol. The second-order valence-electron chi connectivity index (χ2n) is 2.87. The summed E-state index contributed by atoms with van der Waals surface area (Å²) in [7, 11) is 0. The lowest BCUT2D eigenvalue weighted by atomic mass is 10.4. The molecule has 0 atom stereocenters. The van der Waals surface area contributed by atoms with Gasteiger partial charge in [0.05, 0.1) is 0 Å². The van der Waals surface area contributed by atoms with E-state index in [0.29, 0.717) is 0 Å². The van der Waals surface area contributed by atoms with Crippen LogP contribution in [-0.4, -0.2) is 4.57 Å². The molecule has 13 heavy (non-hydrogen) atoms. The van der Waals surface area contributed by atoms with Crippen molar-refractivity contribution in [2.75, 3.05) is 0 Å². The molecule has 0 unspecified atom stereocenters. The van der Waals surface area contributed by atoms with Crippen LogP contribution in [0.25, 0.3) is 5.00 Å². The van der Waals surface area contributed by atoms with E-state index in [1.54, 1.807) is 34.2 Å². The molecule has 0 aliphatic heterocycles. The molecule has 0 aliphatic carbocycles. The van der Waals surface area contributed by atoms with Crippen molar-refractivity contribution < 1.29 is 0 Å². The first-order valence-corrected chi connectivity index (χ1v) is 4.88. The Hall–Kier alpha value is -1.35. The van der Waals surface area contributed by atoms with E-state index in [9.17, 15) is 4.79 Å². The smallest absolute Gasteiger partial charge is 0.255 e. The van der Waals surface area contributed by atoms with E-state index in [1.807, 2.05) is 24.4 Å². The van der Waals surface area contributed by atoms with Crippen molar-refractivity contribution in [3.05, 3.63) is 51.8 Å². The van der Waals surface area contributed by atoms with Crippen molar-refractivity contribution >= 4 is 11.3 Å². The highest BCUT2D eigenvalue weighted by atomic mass is 32.1. The van der Waals surface area contributed by atoms with Gasteiger partial charge in [-0.1, -0.05) is 6.07 Å². The molecule has 0 N–H and O–H groups in total. The van der Waals surface area contributed by atoms with Crippen LogP contribution < -0.4 is 5.56 Å². The molecule has 0 saturated heterocycles. The zero-order valence-electron chi connectivity index (χ0n) is 7.23. The minimum absolute atomic E-state index is 0.0179. The molecule has 66 valence electrons. The quantitative estimate of drug-likeness (QED) is 0.677. The molecule has 0 aliphatic rings. The summed E-state index contributed by atoms with van der Waals surface area (Å²) in [4.78, 5) is 11.4. The third-order valence-corrected chi connectivity index (χ3v) is 2.82. The number of thiophene rings is 1. The van der Waals surface area contributed by atoms with Crippen LogP contribution in [0.3, 0.4) is 0 Å². The largest absolute Gasteiger partial charge is 0.275 e. The Bertz CT molecular complexity index is 470. The summed E-state index contributed by atoms with van der Waals surface area (Å²) in [6.45, 7) is 2.02. The first-order chi connectivity index (χ1) is 6.27. The number of hydrogen-bond donors (Lipinski definition) is 0. The van der Waals surface area contributed by atoms with Crippen LogP contribution in [0.15, 0.2) is 40.6 Å². The fourth-order valence-corrected chi connectivity index (χ4v) is 2.04. The number of nitrogens with zero attached hydrogens (tertiary/aromatic N) is 1. The van der Waals surface area contributed by atoms with Crippen molar-refractivity contribution in [3.8, 4) is 5.00 Å². The van der Waals surface area contributed by atoms with E-state index in [1.165, 1.54) is 5.56 Å². The highest BCUT2D eigenvalue weighted by Gasteiger charge is 1.99. The number of hydrogen-bond acceptors (Lipinski definition) is 2. The lowest BCUT2D eigenvalue weighted by molar-refractivity contribution is 1.01. The van der Waals surface area contributed by atoms with Crippen molar-refractivity contribution in [2.45, 2.75) is 6.92 Å². The standard InChI is InChI=1S/C10H9NOS/c1-8-6-10(13-7-8)11-5-3-2-4-9(11)12/h2-7H,1H3. The topological polar surface area (TPSA) is 22.0 Å². The average Bonchev–Trinajstić information content (AvgIpc) is 2.53. The molecule has 2 aromatic rings. The lowest BCUT2D eigenvalue weighted by Gasteiger charge is -1.98. The van der Waals surface area contributed by atoms with E-state index < -0.39 is 0 Å². The lowest BCUT2D eigenvalue weighted by Crippen LogP contribution is -2.14. The molecule has 0 saturated carbocycles. The third-order valence-electron chi connectivity index (χ3n) is 1.78. The molecule has 0 bridgehead atoms. The van der Waals surface area contributed by atoms with Gasteiger partial charge in [-0.15, -0.1) is 11.3 Å². The van der Waals surface area contributed by atoms with Gasteiger partial charge in [0.1, 0.15) is 5.00 Å². The van der Waals surface area contributed by atoms with Crippen LogP contribution in [0.5, 0.6) is 0 Å². The van der Waals surface area contributed by atoms with E-state index in [2.05, 4.69) is 0 Å². The van der Waals surface area contributed by atoms with Crippen LogP contribution in [0.1, 0.15) is 5.56 Å². The molecule has 2 rings (SSSR count). The van der Waals surface area contributed by atoms with Gasteiger partial charge in [0.15, 0.2) is 0 Å². The van der Waals surface area contributed by atoms with Crippen LogP contribution >= 0.6 is 11.3 Å². The Morgan fingerprint density at radius 1 is 1.38 bits per heavy atom. The first-order valence-electron chi connectivity index (χ1n) is 4.00. The molecule has 0 amide bonds. The maximum Gasteiger partial charge on any atom is 0.255 e. The van der Waals surface area contributed by atoms with Gasteiger partial charge < -0.3 is 0 Å². The third kappa shape index (κ3) is 1.55. The first kappa shape index (κ1) is 8.26. The van der Waals surface area contributed by atoms with Crippen molar-refractivity contribution in [2.24, 2.45) is 0 Å². The van der Waals surface area contributed by atoms with Gasteiger partial charge in [0.25, 0.3) is 5.56 Å². The molecular weight excluding hydrogens is 182 g/mol. The summed E-state index contributed by atoms with van der Waals surface area (Å²) < 4.78 is 1.65. The maximum absolute atomic E-state index is 11.4. The van der Waals surface area contributed by atoms with Crippen molar-refractivity contribution in [3.63, 3.8) is 0 Å². The summed E-state index contributed by atoms with van der Waals surface area (Å²) in [6, 6.07) is 7.18. The zero-order valence-corrected chi connectivity index (χ0v) is 8.04. The van der Waals surface area contributed by atoms with E-state index in [4.69, 9.17) is 0 Å². The fourth-order valence-electron chi connectivity index (χ4n) is 1.15. The van der Waals surface area contributed by atoms with E-state index in [0.717, 1.165) is 5.00 Å². The van der Waals surface area contributed by atoms with Crippen LogP contribution in [-0.2, 0) is 0 Å². The Balaban J connectivity index is 2.59. The maximum atomic E-state index is 11.4. The SMILES string of the molecule is Cc1csc(-n2ccccc2=O)c1. The zero-order chi connectivity index (χ0) is 9.26. The predicted molar refractivity (Wildman–Crippen MR) is 54.7 cm³/mol. The molecule has 0 radical (unpaired) electrons. The highest BCUT2D eigenvalue weighted by Crippen LogP contribution is 2.16. The van der Waals surface area contributed by atoms with Crippen LogP contribution in [0.2, 0.25) is 0 Å². The number of pyridine rings is 1. The summed E-state index contributed by atoms with van der Waals surface area (Å²) in [5.41, 5.74) is 1.21.